The van der Waals surface area contributed by atoms with Crippen molar-refractivity contribution in [3.8, 4) is 0 Å². The van der Waals surface area contributed by atoms with Crippen LogP contribution in [0, 0.1) is 11.7 Å². The molecule has 5 heteroatoms. The van der Waals surface area contributed by atoms with Gasteiger partial charge in [-0.05, 0) is 12.0 Å². The standard InChI is InChI=1S/C11H16ClFN2S/c1-5(2)6(3)16-11-8(15)4-7(14)9(12)10(11)13/h4-6H,14-15H2,1-3H3. The van der Waals surface area contributed by atoms with Crippen LogP contribution in [0.25, 0.3) is 0 Å². The van der Waals surface area contributed by atoms with E-state index in [9.17, 15) is 4.39 Å². The van der Waals surface area contributed by atoms with Crippen molar-refractivity contribution in [3.05, 3.63) is 16.9 Å². The molecule has 0 amide bonds. The van der Waals surface area contributed by atoms with Crippen LogP contribution in [0.3, 0.4) is 0 Å². The first-order chi connectivity index (χ1) is 7.34. The molecule has 2 nitrogen and oxygen atoms in total. The lowest BCUT2D eigenvalue weighted by Gasteiger charge is -2.17. The highest BCUT2D eigenvalue weighted by Gasteiger charge is 2.18. The maximum Gasteiger partial charge on any atom is 0.159 e. The molecule has 0 radical (unpaired) electrons. The van der Waals surface area contributed by atoms with Gasteiger partial charge in [0.1, 0.15) is 5.02 Å². The Morgan fingerprint density at radius 2 is 1.81 bits per heavy atom. The quantitative estimate of drug-likeness (QED) is 0.644. The molecule has 0 aliphatic rings. The van der Waals surface area contributed by atoms with Crippen LogP contribution in [-0.2, 0) is 0 Å². The molecule has 1 rings (SSSR count). The van der Waals surface area contributed by atoms with Crippen molar-refractivity contribution in [3.63, 3.8) is 0 Å². The molecule has 90 valence electrons. The lowest BCUT2D eigenvalue weighted by Crippen LogP contribution is -2.07. The summed E-state index contributed by atoms with van der Waals surface area (Å²) in [7, 11) is 0. The maximum absolute atomic E-state index is 13.8. The molecule has 0 aliphatic carbocycles. The molecule has 1 atom stereocenters. The molecular formula is C11H16ClFN2S. The summed E-state index contributed by atoms with van der Waals surface area (Å²) < 4.78 is 13.8. The predicted molar refractivity (Wildman–Crippen MR) is 70.4 cm³/mol. The zero-order valence-corrected chi connectivity index (χ0v) is 11.1. The molecule has 1 aromatic carbocycles. The zero-order valence-electron chi connectivity index (χ0n) is 9.55. The van der Waals surface area contributed by atoms with Crippen LogP contribution in [0.1, 0.15) is 20.8 Å². The first kappa shape index (κ1) is 13.5. The van der Waals surface area contributed by atoms with Crippen LogP contribution in [0.2, 0.25) is 5.02 Å². The molecule has 1 aromatic rings. The second-order valence-corrected chi connectivity index (χ2v) is 5.84. The van der Waals surface area contributed by atoms with E-state index in [1.54, 1.807) is 0 Å². The number of hydrogen-bond donors (Lipinski definition) is 2. The van der Waals surface area contributed by atoms with Gasteiger partial charge in [0.15, 0.2) is 5.82 Å². The highest BCUT2D eigenvalue weighted by molar-refractivity contribution is 8.00. The fraction of sp³-hybridized carbons (Fsp3) is 0.455. The van der Waals surface area contributed by atoms with E-state index < -0.39 is 5.82 Å². The van der Waals surface area contributed by atoms with Gasteiger partial charge in [-0.3, -0.25) is 0 Å². The van der Waals surface area contributed by atoms with E-state index in [1.165, 1.54) is 17.8 Å². The Kier molecular flexibility index (Phi) is 4.33. The fourth-order valence-electron chi connectivity index (χ4n) is 1.09. The molecule has 0 heterocycles. The van der Waals surface area contributed by atoms with E-state index in [0.29, 0.717) is 16.5 Å². The molecule has 1 unspecified atom stereocenters. The van der Waals surface area contributed by atoms with Crippen molar-refractivity contribution in [2.75, 3.05) is 11.5 Å². The minimum absolute atomic E-state index is 0.0485. The third-order valence-corrected chi connectivity index (χ3v) is 4.41. The summed E-state index contributed by atoms with van der Waals surface area (Å²) in [4.78, 5) is 0.389. The molecule has 0 saturated heterocycles. The van der Waals surface area contributed by atoms with Crippen LogP contribution in [-0.4, -0.2) is 5.25 Å². The summed E-state index contributed by atoms with van der Waals surface area (Å²) in [5.41, 5.74) is 11.8. The predicted octanol–water partition coefficient (Wildman–Crippen LogP) is 3.78. The molecule has 0 aromatic heterocycles. The Balaban J connectivity index is 3.10. The van der Waals surface area contributed by atoms with Gasteiger partial charge < -0.3 is 11.5 Å². The Morgan fingerprint density at radius 3 is 2.31 bits per heavy atom. The van der Waals surface area contributed by atoms with Gasteiger partial charge in [0.25, 0.3) is 0 Å². The summed E-state index contributed by atoms with van der Waals surface area (Å²) in [5.74, 6) is -0.0863. The van der Waals surface area contributed by atoms with E-state index in [1.807, 2.05) is 6.92 Å². The average Bonchev–Trinajstić information content (AvgIpc) is 2.20. The van der Waals surface area contributed by atoms with Crippen LogP contribution in [0.5, 0.6) is 0 Å². The number of rotatable bonds is 3. The van der Waals surface area contributed by atoms with Crippen LogP contribution >= 0.6 is 23.4 Å². The summed E-state index contributed by atoms with van der Waals surface area (Å²) in [6.07, 6.45) is 0. The minimum atomic E-state index is -0.517. The van der Waals surface area contributed by atoms with Crippen molar-refractivity contribution < 1.29 is 4.39 Å². The van der Waals surface area contributed by atoms with Gasteiger partial charge in [0.05, 0.1) is 16.3 Å². The van der Waals surface area contributed by atoms with E-state index in [-0.39, 0.29) is 16.0 Å². The number of benzene rings is 1. The Hall–Kier alpha value is -0.610. The Bertz CT molecular complexity index is 396. The van der Waals surface area contributed by atoms with Crippen LogP contribution in [0.4, 0.5) is 15.8 Å². The van der Waals surface area contributed by atoms with Crippen molar-refractivity contribution >= 4 is 34.7 Å². The van der Waals surface area contributed by atoms with Gasteiger partial charge in [-0.15, -0.1) is 11.8 Å². The number of nitrogens with two attached hydrogens (primary N) is 2. The number of nitrogen functional groups attached to an aromatic ring is 2. The second-order valence-electron chi connectivity index (χ2n) is 4.08. The highest BCUT2D eigenvalue weighted by atomic mass is 35.5. The van der Waals surface area contributed by atoms with Crippen molar-refractivity contribution in [1.82, 2.24) is 0 Å². The highest BCUT2D eigenvalue weighted by Crippen LogP contribution is 2.39. The Labute approximate surface area is 105 Å². The molecule has 0 fully saturated rings. The summed E-state index contributed by atoms with van der Waals surface area (Å²) in [6.45, 7) is 6.17. The topological polar surface area (TPSA) is 52.0 Å². The van der Waals surface area contributed by atoms with E-state index in [0.717, 1.165) is 0 Å². The normalized spacial score (nSPS) is 13.1. The van der Waals surface area contributed by atoms with Crippen molar-refractivity contribution in [2.45, 2.75) is 30.9 Å². The van der Waals surface area contributed by atoms with Crippen molar-refractivity contribution in [1.29, 1.82) is 0 Å². The van der Waals surface area contributed by atoms with Gasteiger partial charge in [-0.1, -0.05) is 32.4 Å². The van der Waals surface area contributed by atoms with Gasteiger partial charge in [-0.2, -0.15) is 0 Å². The second kappa shape index (κ2) is 5.15. The fourth-order valence-corrected chi connectivity index (χ4v) is 2.34. The molecule has 0 bridgehead atoms. The number of anilines is 2. The van der Waals surface area contributed by atoms with Gasteiger partial charge in [-0.25, -0.2) is 4.39 Å². The van der Waals surface area contributed by atoms with Gasteiger partial charge in [0.2, 0.25) is 0 Å². The van der Waals surface area contributed by atoms with Gasteiger partial charge >= 0.3 is 0 Å². The van der Waals surface area contributed by atoms with E-state index >= 15 is 0 Å². The summed E-state index contributed by atoms with van der Waals surface area (Å²) >= 11 is 7.14. The lowest BCUT2D eigenvalue weighted by atomic mass is 10.2. The molecule has 4 N–H and O–H groups in total. The zero-order chi connectivity index (χ0) is 12.5. The maximum atomic E-state index is 13.8. The molecule has 0 spiro atoms. The van der Waals surface area contributed by atoms with Gasteiger partial charge in [0, 0.05) is 5.25 Å². The average molecular weight is 263 g/mol. The smallest absolute Gasteiger partial charge is 0.159 e. The SMILES string of the molecule is CC(C)C(C)Sc1c(N)cc(N)c(Cl)c1F. The van der Waals surface area contributed by atoms with Crippen LogP contribution in [0.15, 0.2) is 11.0 Å². The number of halogens is 2. The molecule has 0 saturated carbocycles. The molecule has 0 aliphatic heterocycles. The van der Waals surface area contributed by atoms with Crippen LogP contribution < -0.4 is 11.5 Å². The molecular weight excluding hydrogens is 247 g/mol. The van der Waals surface area contributed by atoms with E-state index in [4.69, 9.17) is 23.1 Å². The summed E-state index contributed by atoms with van der Waals surface area (Å²) in [6, 6.07) is 1.50. The first-order valence-electron chi connectivity index (χ1n) is 5.04. The minimum Gasteiger partial charge on any atom is -0.398 e. The van der Waals surface area contributed by atoms with E-state index in [2.05, 4.69) is 13.8 Å². The lowest BCUT2D eigenvalue weighted by molar-refractivity contribution is 0.600. The molecule has 16 heavy (non-hydrogen) atoms. The largest absolute Gasteiger partial charge is 0.398 e. The number of hydrogen-bond acceptors (Lipinski definition) is 3. The monoisotopic (exact) mass is 262 g/mol. The Morgan fingerprint density at radius 1 is 1.25 bits per heavy atom. The number of thioether (sulfide) groups is 1. The first-order valence-corrected chi connectivity index (χ1v) is 6.30. The van der Waals surface area contributed by atoms with Crippen molar-refractivity contribution in [2.24, 2.45) is 5.92 Å². The third-order valence-electron chi connectivity index (χ3n) is 2.46. The summed E-state index contributed by atoms with van der Waals surface area (Å²) in [5, 5.41) is 0.212. The third kappa shape index (κ3) is 2.74.